The smallest absolute Gasteiger partial charge is 0.243 e. The van der Waals surface area contributed by atoms with Crippen LogP contribution in [0.25, 0.3) is 0 Å². The number of rotatable bonds is 5. The highest BCUT2D eigenvalue weighted by molar-refractivity contribution is 4.92. The van der Waals surface area contributed by atoms with Gasteiger partial charge >= 0.3 is 0 Å². The first-order valence-electron chi connectivity index (χ1n) is 5.57. The molecule has 0 saturated carbocycles. The summed E-state index contributed by atoms with van der Waals surface area (Å²) in [7, 11) is 0. The molecule has 0 amide bonds. The Balaban J connectivity index is 2.58. The third-order valence-corrected chi connectivity index (χ3v) is 2.12. The van der Waals surface area contributed by atoms with E-state index in [0.717, 1.165) is 18.7 Å². The Morgan fingerprint density at radius 2 is 1.87 bits per heavy atom. The number of nitrogens with zero attached hydrogens (tertiary/aromatic N) is 2. The van der Waals surface area contributed by atoms with Crippen LogP contribution in [0.5, 0.6) is 0 Å². The summed E-state index contributed by atoms with van der Waals surface area (Å²) in [6, 6.07) is -0.126. The second-order valence-electron chi connectivity index (χ2n) is 4.88. The van der Waals surface area contributed by atoms with E-state index in [2.05, 4.69) is 37.8 Å². The normalized spacial score (nSPS) is 13.8. The highest BCUT2D eigenvalue weighted by Gasteiger charge is 2.16. The molecule has 0 unspecified atom stereocenters. The highest BCUT2D eigenvalue weighted by atomic mass is 16.5. The first-order chi connectivity index (χ1) is 6.99. The lowest BCUT2D eigenvalue weighted by atomic mass is 10.0. The van der Waals surface area contributed by atoms with Gasteiger partial charge < -0.3 is 10.3 Å². The van der Waals surface area contributed by atoms with Crippen LogP contribution in [0.4, 0.5) is 0 Å². The van der Waals surface area contributed by atoms with Crippen LogP contribution in [0.15, 0.2) is 4.52 Å². The minimum Gasteiger partial charge on any atom is -0.338 e. The standard InChI is InChI=1S/C11H21N3O/c1-7(2)5-9(12)11-13-10(14-15-11)6-8(3)4/h7-9H,5-6,12H2,1-4H3/t9-/m1/s1. The van der Waals surface area contributed by atoms with Crippen molar-refractivity contribution < 1.29 is 4.52 Å². The largest absolute Gasteiger partial charge is 0.338 e. The van der Waals surface area contributed by atoms with Gasteiger partial charge in [-0.25, -0.2) is 0 Å². The third kappa shape index (κ3) is 4.00. The van der Waals surface area contributed by atoms with Crippen molar-refractivity contribution in [1.29, 1.82) is 0 Å². The molecule has 0 aromatic carbocycles. The van der Waals surface area contributed by atoms with Gasteiger partial charge in [-0.1, -0.05) is 32.9 Å². The molecule has 1 atom stereocenters. The maximum atomic E-state index is 5.94. The molecule has 2 N–H and O–H groups in total. The van der Waals surface area contributed by atoms with Crippen molar-refractivity contribution in [2.45, 2.75) is 46.6 Å². The van der Waals surface area contributed by atoms with Gasteiger partial charge in [0.05, 0.1) is 6.04 Å². The van der Waals surface area contributed by atoms with Crippen LogP contribution >= 0.6 is 0 Å². The molecule has 0 radical (unpaired) electrons. The molecule has 0 fully saturated rings. The maximum Gasteiger partial charge on any atom is 0.243 e. The van der Waals surface area contributed by atoms with Gasteiger partial charge in [0.1, 0.15) is 0 Å². The van der Waals surface area contributed by atoms with Crippen molar-refractivity contribution in [3.63, 3.8) is 0 Å². The summed E-state index contributed by atoms with van der Waals surface area (Å²) in [5.41, 5.74) is 5.94. The van der Waals surface area contributed by atoms with Gasteiger partial charge in [-0.05, 0) is 18.3 Å². The fraction of sp³-hybridized carbons (Fsp3) is 0.818. The van der Waals surface area contributed by atoms with Crippen LogP contribution in [0.3, 0.4) is 0 Å². The van der Waals surface area contributed by atoms with Gasteiger partial charge in [-0.2, -0.15) is 4.98 Å². The zero-order valence-corrected chi connectivity index (χ0v) is 10.0. The van der Waals surface area contributed by atoms with E-state index >= 15 is 0 Å². The molecular formula is C11H21N3O. The summed E-state index contributed by atoms with van der Waals surface area (Å²) in [6.07, 6.45) is 1.72. The summed E-state index contributed by atoms with van der Waals surface area (Å²) in [5.74, 6) is 2.41. The highest BCUT2D eigenvalue weighted by Crippen LogP contribution is 2.17. The Labute approximate surface area is 91.2 Å². The average Bonchev–Trinajstić information content (AvgIpc) is 2.50. The lowest BCUT2D eigenvalue weighted by Crippen LogP contribution is -2.13. The number of nitrogens with two attached hydrogens (primary N) is 1. The molecule has 0 saturated heterocycles. The molecule has 0 aliphatic rings. The van der Waals surface area contributed by atoms with E-state index < -0.39 is 0 Å². The van der Waals surface area contributed by atoms with Crippen molar-refractivity contribution >= 4 is 0 Å². The molecule has 1 heterocycles. The minimum atomic E-state index is -0.126. The van der Waals surface area contributed by atoms with Gasteiger partial charge in [0.25, 0.3) is 0 Å². The molecule has 86 valence electrons. The zero-order valence-electron chi connectivity index (χ0n) is 10.0. The molecule has 4 heteroatoms. The molecule has 0 bridgehead atoms. The van der Waals surface area contributed by atoms with Crippen LogP contribution in [0, 0.1) is 11.8 Å². The van der Waals surface area contributed by atoms with Crippen LogP contribution in [-0.2, 0) is 6.42 Å². The second kappa shape index (κ2) is 5.26. The molecule has 0 aliphatic carbocycles. The van der Waals surface area contributed by atoms with Crippen molar-refractivity contribution in [3.8, 4) is 0 Å². The fourth-order valence-corrected chi connectivity index (χ4v) is 1.47. The van der Waals surface area contributed by atoms with Gasteiger partial charge in [-0.15, -0.1) is 0 Å². The predicted octanol–water partition coefficient (Wildman–Crippen LogP) is 2.31. The molecule has 1 aromatic heterocycles. The summed E-state index contributed by atoms with van der Waals surface area (Å²) in [6.45, 7) is 8.52. The van der Waals surface area contributed by atoms with Crippen molar-refractivity contribution in [3.05, 3.63) is 11.7 Å². The summed E-state index contributed by atoms with van der Waals surface area (Å²) in [5, 5.41) is 3.92. The quantitative estimate of drug-likeness (QED) is 0.811. The van der Waals surface area contributed by atoms with Gasteiger partial charge in [-0.3, -0.25) is 0 Å². The van der Waals surface area contributed by atoms with E-state index in [1.807, 2.05) is 0 Å². The topological polar surface area (TPSA) is 64.9 Å². The van der Waals surface area contributed by atoms with Crippen LogP contribution < -0.4 is 5.73 Å². The monoisotopic (exact) mass is 211 g/mol. The van der Waals surface area contributed by atoms with Gasteiger partial charge in [0, 0.05) is 6.42 Å². The van der Waals surface area contributed by atoms with Crippen LogP contribution in [0.2, 0.25) is 0 Å². The molecule has 15 heavy (non-hydrogen) atoms. The summed E-state index contributed by atoms with van der Waals surface area (Å²) < 4.78 is 5.14. The Bertz CT molecular complexity index is 294. The average molecular weight is 211 g/mol. The van der Waals surface area contributed by atoms with Crippen molar-refractivity contribution in [1.82, 2.24) is 10.1 Å². The van der Waals surface area contributed by atoms with Crippen LogP contribution in [-0.4, -0.2) is 10.1 Å². The van der Waals surface area contributed by atoms with Gasteiger partial charge in [0.2, 0.25) is 5.89 Å². The Morgan fingerprint density at radius 3 is 2.40 bits per heavy atom. The fourth-order valence-electron chi connectivity index (χ4n) is 1.47. The van der Waals surface area contributed by atoms with Gasteiger partial charge in [0.15, 0.2) is 5.82 Å². The van der Waals surface area contributed by atoms with E-state index in [9.17, 15) is 0 Å². The zero-order chi connectivity index (χ0) is 11.4. The molecule has 0 aliphatic heterocycles. The van der Waals surface area contributed by atoms with Crippen molar-refractivity contribution in [2.24, 2.45) is 17.6 Å². The molecular weight excluding hydrogens is 190 g/mol. The first kappa shape index (κ1) is 12.2. The number of hydrogen-bond donors (Lipinski definition) is 1. The Hall–Kier alpha value is -0.900. The second-order valence-corrected chi connectivity index (χ2v) is 4.88. The first-order valence-corrected chi connectivity index (χ1v) is 5.57. The maximum absolute atomic E-state index is 5.94. The minimum absolute atomic E-state index is 0.126. The lowest BCUT2D eigenvalue weighted by molar-refractivity contribution is 0.331. The Morgan fingerprint density at radius 1 is 1.20 bits per heavy atom. The Kier molecular flexibility index (Phi) is 4.27. The van der Waals surface area contributed by atoms with Crippen LogP contribution in [0.1, 0.15) is 51.9 Å². The van der Waals surface area contributed by atoms with E-state index in [-0.39, 0.29) is 6.04 Å². The predicted molar refractivity (Wildman–Crippen MR) is 59.2 cm³/mol. The SMILES string of the molecule is CC(C)Cc1noc([C@H](N)CC(C)C)n1. The van der Waals surface area contributed by atoms with Crippen molar-refractivity contribution in [2.75, 3.05) is 0 Å². The molecule has 0 spiro atoms. The van der Waals surface area contributed by atoms with E-state index in [4.69, 9.17) is 10.3 Å². The molecule has 1 rings (SSSR count). The van der Waals surface area contributed by atoms with E-state index in [0.29, 0.717) is 17.7 Å². The molecule has 1 aromatic rings. The van der Waals surface area contributed by atoms with E-state index in [1.54, 1.807) is 0 Å². The molecule has 4 nitrogen and oxygen atoms in total. The van der Waals surface area contributed by atoms with E-state index in [1.165, 1.54) is 0 Å². The summed E-state index contributed by atoms with van der Waals surface area (Å²) in [4.78, 5) is 4.30. The lowest BCUT2D eigenvalue weighted by Gasteiger charge is -2.08. The third-order valence-electron chi connectivity index (χ3n) is 2.12. The number of hydrogen-bond acceptors (Lipinski definition) is 4. The number of aromatic nitrogens is 2. The summed E-state index contributed by atoms with van der Waals surface area (Å²) >= 11 is 0.